The SMILES string of the molecule is Cc1nccnc1Oc1cc(F)cc(Br)c1. The summed E-state index contributed by atoms with van der Waals surface area (Å²) in [5.74, 6) is 0.390. The third kappa shape index (κ3) is 2.55. The molecule has 3 nitrogen and oxygen atoms in total. The Kier molecular flexibility index (Phi) is 3.14. The molecule has 0 saturated carbocycles. The lowest BCUT2D eigenvalue weighted by atomic mass is 10.3. The predicted octanol–water partition coefficient (Wildman–Crippen LogP) is 3.48. The maximum Gasteiger partial charge on any atom is 0.240 e. The van der Waals surface area contributed by atoms with Crippen molar-refractivity contribution in [1.82, 2.24) is 9.97 Å². The minimum atomic E-state index is -0.370. The molecule has 0 fully saturated rings. The molecule has 82 valence electrons. The Labute approximate surface area is 100 Å². The molecule has 16 heavy (non-hydrogen) atoms. The zero-order valence-corrected chi connectivity index (χ0v) is 10.0. The zero-order chi connectivity index (χ0) is 11.5. The number of hydrogen-bond acceptors (Lipinski definition) is 3. The van der Waals surface area contributed by atoms with Crippen LogP contribution < -0.4 is 4.74 Å². The molecule has 0 amide bonds. The largest absolute Gasteiger partial charge is 0.437 e. The minimum absolute atomic E-state index is 0.370. The summed E-state index contributed by atoms with van der Waals surface area (Å²) in [6, 6.07) is 4.31. The summed E-state index contributed by atoms with van der Waals surface area (Å²) in [4.78, 5) is 8.04. The topological polar surface area (TPSA) is 35.0 Å². The van der Waals surface area contributed by atoms with Crippen molar-refractivity contribution in [3.05, 3.63) is 46.6 Å². The van der Waals surface area contributed by atoms with Crippen molar-refractivity contribution in [1.29, 1.82) is 0 Å². The second-order valence-electron chi connectivity index (χ2n) is 3.15. The molecular weight excluding hydrogens is 275 g/mol. The molecule has 5 heteroatoms. The fourth-order valence-electron chi connectivity index (χ4n) is 1.19. The first-order chi connectivity index (χ1) is 7.65. The molecule has 2 rings (SSSR count). The van der Waals surface area contributed by atoms with Crippen molar-refractivity contribution in [2.24, 2.45) is 0 Å². The molecule has 2 aromatic rings. The van der Waals surface area contributed by atoms with Crippen LogP contribution in [-0.2, 0) is 0 Å². The van der Waals surface area contributed by atoms with E-state index in [2.05, 4.69) is 25.9 Å². The van der Waals surface area contributed by atoms with Gasteiger partial charge in [0.1, 0.15) is 11.6 Å². The highest BCUT2D eigenvalue weighted by Gasteiger charge is 2.05. The Morgan fingerprint density at radius 2 is 1.94 bits per heavy atom. The van der Waals surface area contributed by atoms with E-state index in [1.807, 2.05) is 0 Å². The Balaban J connectivity index is 2.30. The van der Waals surface area contributed by atoms with Crippen molar-refractivity contribution in [3.63, 3.8) is 0 Å². The standard InChI is InChI=1S/C11H8BrFN2O/c1-7-11(15-3-2-14-7)16-10-5-8(12)4-9(13)6-10/h2-6H,1H3. The van der Waals surface area contributed by atoms with E-state index in [0.29, 0.717) is 21.8 Å². The molecule has 0 saturated heterocycles. The predicted molar refractivity (Wildman–Crippen MR) is 60.9 cm³/mol. The van der Waals surface area contributed by atoms with Crippen LogP contribution in [0.5, 0.6) is 11.6 Å². The van der Waals surface area contributed by atoms with Crippen LogP contribution in [0.4, 0.5) is 4.39 Å². The summed E-state index contributed by atoms with van der Waals surface area (Å²) in [6.07, 6.45) is 3.10. The lowest BCUT2D eigenvalue weighted by Gasteiger charge is -2.06. The summed E-state index contributed by atoms with van der Waals surface area (Å²) >= 11 is 3.19. The van der Waals surface area contributed by atoms with Crippen LogP contribution in [0, 0.1) is 12.7 Å². The molecule has 0 aliphatic carbocycles. The highest BCUT2D eigenvalue weighted by atomic mass is 79.9. The maximum atomic E-state index is 13.1. The quantitative estimate of drug-likeness (QED) is 0.846. The molecule has 1 heterocycles. The van der Waals surface area contributed by atoms with E-state index in [4.69, 9.17) is 4.74 Å². The van der Waals surface area contributed by atoms with Gasteiger partial charge in [0.05, 0.1) is 5.69 Å². The number of aromatic nitrogens is 2. The van der Waals surface area contributed by atoms with E-state index < -0.39 is 0 Å². The smallest absolute Gasteiger partial charge is 0.240 e. The average molecular weight is 283 g/mol. The summed E-state index contributed by atoms with van der Waals surface area (Å²) in [7, 11) is 0. The first kappa shape index (κ1) is 11.0. The van der Waals surface area contributed by atoms with Crippen LogP contribution in [0.1, 0.15) is 5.69 Å². The van der Waals surface area contributed by atoms with E-state index in [1.54, 1.807) is 19.2 Å². The van der Waals surface area contributed by atoms with Crippen LogP contribution in [0.25, 0.3) is 0 Å². The highest BCUT2D eigenvalue weighted by molar-refractivity contribution is 9.10. The Hall–Kier alpha value is -1.49. The molecule has 0 spiro atoms. The van der Waals surface area contributed by atoms with E-state index in [-0.39, 0.29) is 5.82 Å². The van der Waals surface area contributed by atoms with Gasteiger partial charge < -0.3 is 4.74 Å². The fourth-order valence-corrected chi connectivity index (χ4v) is 1.64. The van der Waals surface area contributed by atoms with Crippen molar-refractivity contribution < 1.29 is 9.13 Å². The second kappa shape index (κ2) is 4.57. The minimum Gasteiger partial charge on any atom is -0.437 e. The van der Waals surface area contributed by atoms with Crippen LogP contribution >= 0.6 is 15.9 Å². The van der Waals surface area contributed by atoms with E-state index in [1.165, 1.54) is 18.3 Å². The zero-order valence-electron chi connectivity index (χ0n) is 8.45. The van der Waals surface area contributed by atoms with Gasteiger partial charge in [-0.2, -0.15) is 0 Å². The third-order valence-electron chi connectivity index (χ3n) is 1.89. The van der Waals surface area contributed by atoms with Gasteiger partial charge >= 0.3 is 0 Å². The molecule has 0 aliphatic rings. The second-order valence-corrected chi connectivity index (χ2v) is 4.07. The van der Waals surface area contributed by atoms with Gasteiger partial charge in [0, 0.05) is 22.9 Å². The summed E-state index contributed by atoms with van der Waals surface area (Å²) in [6.45, 7) is 1.77. The first-order valence-electron chi connectivity index (χ1n) is 4.57. The average Bonchev–Trinajstić information content (AvgIpc) is 2.20. The lowest BCUT2D eigenvalue weighted by molar-refractivity contribution is 0.450. The summed E-state index contributed by atoms with van der Waals surface area (Å²) in [5.41, 5.74) is 0.655. The van der Waals surface area contributed by atoms with Crippen molar-refractivity contribution in [2.75, 3.05) is 0 Å². The first-order valence-corrected chi connectivity index (χ1v) is 5.36. The highest BCUT2D eigenvalue weighted by Crippen LogP contribution is 2.25. The Morgan fingerprint density at radius 1 is 1.19 bits per heavy atom. The normalized spacial score (nSPS) is 10.2. The maximum absolute atomic E-state index is 13.1. The van der Waals surface area contributed by atoms with Gasteiger partial charge in [-0.05, 0) is 19.1 Å². The van der Waals surface area contributed by atoms with Gasteiger partial charge in [-0.3, -0.25) is 4.98 Å². The van der Waals surface area contributed by atoms with Crippen molar-refractivity contribution in [2.45, 2.75) is 6.92 Å². The number of ether oxygens (including phenoxy) is 1. The molecule has 0 unspecified atom stereocenters. The van der Waals surface area contributed by atoms with E-state index in [0.717, 1.165) is 0 Å². The van der Waals surface area contributed by atoms with Gasteiger partial charge in [-0.25, -0.2) is 9.37 Å². The Morgan fingerprint density at radius 3 is 2.62 bits per heavy atom. The third-order valence-corrected chi connectivity index (χ3v) is 2.34. The molecule has 0 atom stereocenters. The monoisotopic (exact) mass is 282 g/mol. The van der Waals surface area contributed by atoms with Gasteiger partial charge in [0.2, 0.25) is 5.88 Å². The molecule has 1 aromatic heterocycles. The fraction of sp³-hybridized carbons (Fsp3) is 0.0909. The van der Waals surface area contributed by atoms with Crippen LogP contribution in [0.2, 0.25) is 0 Å². The van der Waals surface area contributed by atoms with Gasteiger partial charge in [-0.1, -0.05) is 15.9 Å². The number of nitrogens with zero attached hydrogens (tertiary/aromatic N) is 2. The van der Waals surface area contributed by atoms with Gasteiger partial charge in [0.25, 0.3) is 0 Å². The summed E-state index contributed by atoms with van der Waals surface area (Å²) < 4.78 is 19.1. The van der Waals surface area contributed by atoms with Gasteiger partial charge in [0.15, 0.2) is 0 Å². The number of benzene rings is 1. The molecule has 1 aromatic carbocycles. The Bertz CT molecular complexity index is 499. The molecule has 0 aliphatic heterocycles. The van der Waals surface area contributed by atoms with Crippen LogP contribution in [0.3, 0.4) is 0 Å². The summed E-state index contributed by atoms with van der Waals surface area (Å²) in [5, 5.41) is 0. The molecule has 0 bridgehead atoms. The number of aryl methyl sites for hydroxylation is 1. The number of halogens is 2. The molecular formula is C11H8BrFN2O. The van der Waals surface area contributed by atoms with Crippen LogP contribution in [-0.4, -0.2) is 9.97 Å². The lowest BCUT2D eigenvalue weighted by Crippen LogP contribution is -1.93. The number of rotatable bonds is 2. The van der Waals surface area contributed by atoms with Gasteiger partial charge in [-0.15, -0.1) is 0 Å². The van der Waals surface area contributed by atoms with Crippen molar-refractivity contribution >= 4 is 15.9 Å². The molecule has 0 N–H and O–H groups in total. The van der Waals surface area contributed by atoms with Crippen molar-refractivity contribution in [3.8, 4) is 11.6 Å². The van der Waals surface area contributed by atoms with E-state index in [9.17, 15) is 4.39 Å². The van der Waals surface area contributed by atoms with E-state index >= 15 is 0 Å². The van der Waals surface area contributed by atoms with Crippen LogP contribution in [0.15, 0.2) is 35.1 Å². The molecule has 0 radical (unpaired) electrons. The number of hydrogen-bond donors (Lipinski definition) is 0.